The van der Waals surface area contributed by atoms with Crippen LogP contribution in [0, 0.1) is 0 Å². The fourth-order valence-electron chi connectivity index (χ4n) is 2.64. The Labute approximate surface area is 99.8 Å². The van der Waals surface area contributed by atoms with E-state index in [-0.39, 0.29) is 17.5 Å². The van der Waals surface area contributed by atoms with Crippen LogP contribution in [-0.2, 0) is 4.79 Å². The highest BCUT2D eigenvalue weighted by atomic mass is 16.2. The van der Waals surface area contributed by atoms with Gasteiger partial charge in [-0.15, -0.1) is 0 Å². The molecule has 0 spiro atoms. The summed E-state index contributed by atoms with van der Waals surface area (Å²) in [7, 11) is 0. The third-order valence-electron chi connectivity index (χ3n) is 3.07. The summed E-state index contributed by atoms with van der Waals surface area (Å²) in [6.07, 6.45) is 2.48. The van der Waals surface area contributed by atoms with Crippen LogP contribution in [0.5, 0.6) is 0 Å². The highest BCUT2D eigenvalue weighted by molar-refractivity contribution is 5.79. The lowest BCUT2D eigenvalue weighted by molar-refractivity contribution is -0.139. The normalized spacial score (nSPS) is 18.1. The van der Waals surface area contributed by atoms with E-state index in [1.165, 1.54) is 12.8 Å². The lowest BCUT2D eigenvalue weighted by Gasteiger charge is -2.40. The number of carbonyl (C=O) groups is 1. The Hall–Kier alpha value is -0.570. The summed E-state index contributed by atoms with van der Waals surface area (Å²) in [6, 6.07) is 0.273. The Morgan fingerprint density at radius 3 is 2.12 bits per heavy atom. The fraction of sp³-hybridized carbons (Fsp3) is 0.923. The van der Waals surface area contributed by atoms with Gasteiger partial charge in [-0.2, -0.15) is 0 Å². The summed E-state index contributed by atoms with van der Waals surface area (Å²) in [5, 5.41) is 0. The lowest BCUT2D eigenvalue weighted by Crippen LogP contribution is -2.52. The van der Waals surface area contributed by atoms with Crippen molar-refractivity contribution in [2.24, 2.45) is 0 Å². The molecule has 3 nitrogen and oxygen atoms in total. The zero-order valence-electron chi connectivity index (χ0n) is 11.4. The van der Waals surface area contributed by atoms with Gasteiger partial charge >= 0.3 is 0 Å². The molecule has 1 rings (SSSR count). The standard InChI is InChI=1S/C13H26N2O/c1-11(2)15(13(3,4)5)12(16)10-14-8-6-7-9-14/h11H,6-10H2,1-5H3. The minimum absolute atomic E-state index is 0.0784. The minimum atomic E-state index is -0.0784. The lowest BCUT2D eigenvalue weighted by atomic mass is 10.0. The van der Waals surface area contributed by atoms with Gasteiger partial charge in [0.1, 0.15) is 0 Å². The highest BCUT2D eigenvalue weighted by Crippen LogP contribution is 2.18. The number of nitrogens with zero attached hydrogens (tertiary/aromatic N) is 2. The maximum Gasteiger partial charge on any atom is 0.237 e. The first-order chi connectivity index (χ1) is 7.32. The van der Waals surface area contributed by atoms with Gasteiger partial charge in [-0.05, 0) is 60.5 Å². The Balaban J connectivity index is 2.60. The number of likely N-dealkylation sites (tertiary alicyclic amines) is 1. The molecule has 0 aromatic heterocycles. The van der Waals surface area contributed by atoms with Gasteiger partial charge in [0.15, 0.2) is 0 Å². The first-order valence-corrected chi connectivity index (χ1v) is 6.37. The third-order valence-corrected chi connectivity index (χ3v) is 3.07. The third kappa shape index (κ3) is 3.48. The van der Waals surface area contributed by atoms with Gasteiger partial charge in [0.2, 0.25) is 5.91 Å². The van der Waals surface area contributed by atoms with Crippen LogP contribution >= 0.6 is 0 Å². The Kier molecular flexibility index (Phi) is 4.36. The van der Waals surface area contributed by atoms with Crippen LogP contribution in [0.4, 0.5) is 0 Å². The molecule has 0 radical (unpaired) electrons. The van der Waals surface area contributed by atoms with Crippen LogP contribution in [0.2, 0.25) is 0 Å². The molecule has 3 heteroatoms. The van der Waals surface area contributed by atoms with E-state index in [0.29, 0.717) is 6.54 Å². The van der Waals surface area contributed by atoms with Crippen molar-refractivity contribution in [2.75, 3.05) is 19.6 Å². The quantitative estimate of drug-likeness (QED) is 0.736. The Morgan fingerprint density at radius 2 is 1.75 bits per heavy atom. The van der Waals surface area contributed by atoms with E-state index in [1.54, 1.807) is 0 Å². The average molecular weight is 226 g/mol. The van der Waals surface area contributed by atoms with Crippen molar-refractivity contribution >= 4 is 5.91 Å². The van der Waals surface area contributed by atoms with Gasteiger partial charge in [0.05, 0.1) is 6.54 Å². The predicted octanol–water partition coefficient (Wildman–Crippen LogP) is 2.12. The second kappa shape index (κ2) is 5.17. The van der Waals surface area contributed by atoms with Gasteiger partial charge in [0, 0.05) is 11.6 Å². The first kappa shape index (κ1) is 13.5. The van der Waals surface area contributed by atoms with Crippen LogP contribution in [0.25, 0.3) is 0 Å². The molecule has 0 unspecified atom stereocenters. The second-order valence-corrected chi connectivity index (χ2v) is 6.01. The summed E-state index contributed by atoms with van der Waals surface area (Å²) in [4.78, 5) is 16.5. The molecule has 1 amide bonds. The average Bonchev–Trinajstić information content (AvgIpc) is 2.52. The van der Waals surface area contributed by atoms with Crippen molar-refractivity contribution < 1.29 is 4.79 Å². The molecule has 0 aliphatic carbocycles. The Bertz CT molecular complexity index is 237. The molecule has 94 valence electrons. The monoisotopic (exact) mass is 226 g/mol. The van der Waals surface area contributed by atoms with Gasteiger partial charge in [-0.3, -0.25) is 9.69 Å². The molecule has 0 aromatic rings. The van der Waals surface area contributed by atoms with Crippen molar-refractivity contribution in [3.8, 4) is 0 Å². The minimum Gasteiger partial charge on any atom is -0.334 e. The van der Waals surface area contributed by atoms with Crippen LogP contribution in [0.3, 0.4) is 0 Å². The first-order valence-electron chi connectivity index (χ1n) is 6.37. The van der Waals surface area contributed by atoms with Gasteiger partial charge in [-0.1, -0.05) is 0 Å². The number of hydrogen-bond donors (Lipinski definition) is 0. The highest BCUT2D eigenvalue weighted by Gasteiger charge is 2.30. The zero-order valence-corrected chi connectivity index (χ0v) is 11.4. The number of rotatable bonds is 3. The number of carbonyl (C=O) groups excluding carboxylic acids is 1. The van der Waals surface area contributed by atoms with E-state index in [0.717, 1.165) is 13.1 Å². The van der Waals surface area contributed by atoms with E-state index in [2.05, 4.69) is 39.5 Å². The maximum atomic E-state index is 12.3. The van der Waals surface area contributed by atoms with E-state index in [1.807, 2.05) is 4.90 Å². The fourth-order valence-corrected chi connectivity index (χ4v) is 2.64. The Morgan fingerprint density at radius 1 is 1.25 bits per heavy atom. The molecular weight excluding hydrogens is 200 g/mol. The molecule has 16 heavy (non-hydrogen) atoms. The van der Waals surface area contributed by atoms with Crippen LogP contribution in [-0.4, -0.2) is 46.9 Å². The number of hydrogen-bond acceptors (Lipinski definition) is 2. The van der Waals surface area contributed by atoms with Crippen LogP contribution in [0.1, 0.15) is 47.5 Å². The van der Waals surface area contributed by atoms with Gasteiger partial charge in [0.25, 0.3) is 0 Å². The van der Waals surface area contributed by atoms with Crippen molar-refractivity contribution in [3.05, 3.63) is 0 Å². The van der Waals surface area contributed by atoms with Crippen molar-refractivity contribution in [1.29, 1.82) is 0 Å². The molecule has 0 saturated carbocycles. The molecular formula is C13H26N2O. The maximum absolute atomic E-state index is 12.3. The van der Waals surface area contributed by atoms with E-state index in [9.17, 15) is 4.79 Å². The second-order valence-electron chi connectivity index (χ2n) is 6.01. The molecule has 0 bridgehead atoms. The molecule has 1 aliphatic rings. The van der Waals surface area contributed by atoms with Crippen molar-refractivity contribution in [1.82, 2.24) is 9.80 Å². The molecule has 1 aliphatic heterocycles. The smallest absolute Gasteiger partial charge is 0.237 e. The number of amides is 1. The van der Waals surface area contributed by atoms with E-state index >= 15 is 0 Å². The van der Waals surface area contributed by atoms with Crippen LogP contribution in [0.15, 0.2) is 0 Å². The molecule has 0 N–H and O–H groups in total. The van der Waals surface area contributed by atoms with Gasteiger partial charge < -0.3 is 4.90 Å². The summed E-state index contributed by atoms with van der Waals surface area (Å²) in [5.41, 5.74) is -0.0784. The van der Waals surface area contributed by atoms with Gasteiger partial charge in [-0.25, -0.2) is 0 Å². The molecule has 0 aromatic carbocycles. The molecule has 0 atom stereocenters. The summed E-state index contributed by atoms with van der Waals surface area (Å²) < 4.78 is 0. The van der Waals surface area contributed by atoms with E-state index in [4.69, 9.17) is 0 Å². The van der Waals surface area contributed by atoms with Crippen molar-refractivity contribution in [2.45, 2.75) is 59.0 Å². The summed E-state index contributed by atoms with van der Waals surface area (Å²) in [5.74, 6) is 0.268. The van der Waals surface area contributed by atoms with Crippen LogP contribution < -0.4 is 0 Å². The molecule has 1 saturated heterocycles. The topological polar surface area (TPSA) is 23.6 Å². The zero-order chi connectivity index (χ0) is 12.3. The van der Waals surface area contributed by atoms with E-state index < -0.39 is 0 Å². The molecule has 1 fully saturated rings. The largest absolute Gasteiger partial charge is 0.334 e. The SMILES string of the molecule is CC(C)N(C(=O)CN1CCCC1)C(C)(C)C. The summed E-state index contributed by atoms with van der Waals surface area (Å²) in [6.45, 7) is 13.3. The summed E-state index contributed by atoms with van der Waals surface area (Å²) >= 11 is 0. The van der Waals surface area contributed by atoms with Crippen molar-refractivity contribution in [3.63, 3.8) is 0 Å². The predicted molar refractivity (Wildman–Crippen MR) is 67.4 cm³/mol. The molecule has 1 heterocycles.